The molecule has 0 radical (unpaired) electrons. The molecule has 1 saturated carbocycles. The van der Waals surface area contributed by atoms with Crippen molar-refractivity contribution < 1.29 is 4.79 Å². The minimum absolute atomic E-state index is 0.0322. The first-order chi connectivity index (χ1) is 8.68. The van der Waals surface area contributed by atoms with E-state index >= 15 is 0 Å². The molecule has 1 amide bonds. The number of nitrogens with one attached hydrogen (secondary N) is 2. The molecule has 1 saturated heterocycles. The van der Waals surface area contributed by atoms with Gasteiger partial charge in [-0.3, -0.25) is 4.79 Å². The Morgan fingerprint density at radius 3 is 2.56 bits per heavy atom. The Kier molecular flexibility index (Phi) is 5.04. The lowest BCUT2D eigenvalue weighted by atomic mass is 9.84. The predicted octanol–water partition coefficient (Wildman–Crippen LogP) is 2.46. The lowest BCUT2D eigenvalue weighted by molar-refractivity contribution is -0.125. The Morgan fingerprint density at radius 1 is 1.17 bits per heavy atom. The fourth-order valence-electron chi connectivity index (χ4n) is 3.47. The SMILES string of the molecule is CC1CCCNC1C(=O)N[C@@H](C)C1CCCCC1. The van der Waals surface area contributed by atoms with Crippen LogP contribution in [-0.2, 0) is 4.79 Å². The molecule has 0 aromatic rings. The standard InChI is InChI=1S/C15H28N2O/c1-11-7-6-10-16-14(11)15(18)17-12(2)13-8-4-3-5-9-13/h11-14,16H,3-10H2,1-2H3,(H,17,18)/t11?,12-,14?/m0/s1. The number of hydrogen-bond acceptors (Lipinski definition) is 2. The first-order valence-corrected chi connectivity index (χ1v) is 7.72. The van der Waals surface area contributed by atoms with Gasteiger partial charge in [-0.25, -0.2) is 0 Å². The lowest BCUT2D eigenvalue weighted by Gasteiger charge is -2.33. The van der Waals surface area contributed by atoms with Crippen LogP contribution in [0.15, 0.2) is 0 Å². The average Bonchev–Trinajstić information content (AvgIpc) is 2.40. The van der Waals surface area contributed by atoms with Crippen LogP contribution in [0.3, 0.4) is 0 Å². The normalized spacial score (nSPS) is 31.9. The molecule has 1 aliphatic carbocycles. The van der Waals surface area contributed by atoms with E-state index in [1.54, 1.807) is 0 Å². The molecule has 3 heteroatoms. The first-order valence-electron chi connectivity index (χ1n) is 7.72. The molecular formula is C15H28N2O. The highest BCUT2D eigenvalue weighted by Gasteiger charge is 2.29. The van der Waals surface area contributed by atoms with Gasteiger partial charge in [0.25, 0.3) is 0 Å². The molecule has 0 aromatic heterocycles. The van der Waals surface area contributed by atoms with E-state index in [9.17, 15) is 4.79 Å². The smallest absolute Gasteiger partial charge is 0.237 e. The molecule has 0 spiro atoms. The van der Waals surface area contributed by atoms with Gasteiger partial charge >= 0.3 is 0 Å². The maximum atomic E-state index is 12.3. The molecule has 2 fully saturated rings. The topological polar surface area (TPSA) is 41.1 Å². The zero-order valence-electron chi connectivity index (χ0n) is 11.9. The number of amides is 1. The zero-order chi connectivity index (χ0) is 13.0. The molecule has 2 N–H and O–H groups in total. The van der Waals surface area contributed by atoms with Gasteiger partial charge in [-0.15, -0.1) is 0 Å². The van der Waals surface area contributed by atoms with E-state index in [0.29, 0.717) is 17.9 Å². The molecule has 3 nitrogen and oxygen atoms in total. The summed E-state index contributed by atoms with van der Waals surface area (Å²) in [5, 5.41) is 6.61. The average molecular weight is 252 g/mol. The summed E-state index contributed by atoms with van der Waals surface area (Å²) in [6, 6.07) is 0.374. The fraction of sp³-hybridized carbons (Fsp3) is 0.933. The van der Waals surface area contributed by atoms with Crippen LogP contribution in [-0.4, -0.2) is 24.5 Å². The van der Waals surface area contributed by atoms with Crippen LogP contribution < -0.4 is 10.6 Å². The highest BCUT2D eigenvalue weighted by molar-refractivity contribution is 5.82. The monoisotopic (exact) mass is 252 g/mol. The van der Waals surface area contributed by atoms with Crippen LogP contribution in [0.25, 0.3) is 0 Å². The minimum atomic E-state index is 0.0322. The van der Waals surface area contributed by atoms with Gasteiger partial charge in [0.1, 0.15) is 0 Å². The van der Waals surface area contributed by atoms with Crippen molar-refractivity contribution in [2.24, 2.45) is 11.8 Å². The molecule has 0 aromatic carbocycles. The maximum Gasteiger partial charge on any atom is 0.237 e. The summed E-state index contributed by atoms with van der Waals surface area (Å²) < 4.78 is 0. The molecule has 2 rings (SSSR count). The molecule has 104 valence electrons. The Hall–Kier alpha value is -0.570. The Labute approximate surface area is 111 Å². The van der Waals surface area contributed by atoms with Crippen molar-refractivity contribution in [1.82, 2.24) is 10.6 Å². The summed E-state index contributed by atoms with van der Waals surface area (Å²) in [7, 11) is 0. The van der Waals surface area contributed by atoms with Gasteiger partial charge in [-0.05, 0) is 51.0 Å². The van der Waals surface area contributed by atoms with E-state index in [-0.39, 0.29) is 11.9 Å². The highest BCUT2D eigenvalue weighted by atomic mass is 16.2. The molecule has 1 aliphatic heterocycles. The molecule has 18 heavy (non-hydrogen) atoms. The van der Waals surface area contributed by atoms with E-state index in [1.165, 1.54) is 44.9 Å². The summed E-state index contributed by atoms with van der Waals surface area (Å²) in [6.07, 6.45) is 8.99. The third kappa shape index (κ3) is 3.47. The number of rotatable bonds is 3. The molecule has 2 aliphatic rings. The van der Waals surface area contributed by atoms with Crippen molar-refractivity contribution in [3.05, 3.63) is 0 Å². The Bertz CT molecular complexity index is 274. The van der Waals surface area contributed by atoms with E-state index in [0.717, 1.165) is 6.54 Å². The quantitative estimate of drug-likeness (QED) is 0.810. The zero-order valence-corrected chi connectivity index (χ0v) is 11.9. The molecule has 0 bridgehead atoms. The second-order valence-corrected chi connectivity index (χ2v) is 6.25. The molecule has 2 unspecified atom stereocenters. The summed E-state index contributed by atoms with van der Waals surface area (Å²) >= 11 is 0. The number of hydrogen-bond donors (Lipinski definition) is 2. The van der Waals surface area contributed by atoms with E-state index in [4.69, 9.17) is 0 Å². The van der Waals surface area contributed by atoms with Crippen molar-refractivity contribution >= 4 is 5.91 Å². The van der Waals surface area contributed by atoms with Gasteiger partial charge in [0.2, 0.25) is 5.91 Å². The van der Waals surface area contributed by atoms with Crippen LogP contribution in [0.1, 0.15) is 58.8 Å². The summed E-state index contributed by atoms with van der Waals surface area (Å²) in [5.41, 5.74) is 0. The van der Waals surface area contributed by atoms with Gasteiger partial charge < -0.3 is 10.6 Å². The number of carbonyl (C=O) groups excluding carboxylic acids is 1. The van der Waals surface area contributed by atoms with E-state index in [1.807, 2.05) is 0 Å². The summed E-state index contributed by atoms with van der Waals surface area (Å²) in [4.78, 5) is 12.3. The van der Waals surface area contributed by atoms with Crippen LogP contribution in [0, 0.1) is 11.8 Å². The Balaban J connectivity index is 1.81. The van der Waals surface area contributed by atoms with Crippen LogP contribution >= 0.6 is 0 Å². The second kappa shape index (κ2) is 6.55. The maximum absolute atomic E-state index is 12.3. The summed E-state index contributed by atoms with van der Waals surface area (Å²) in [6.45, 7) is 5.35. The second-order valence-electron chi connectivity index (χ2n) is 6.25. The van der Waals surface area contributed by atoms with Gasteiger partial charge in [0.05, 0.1) is 6.04 Å². The Morgan fingerprint density at radius 2 is 1.89 bits per heavy atom. The molecule has 3 atom stereocenters. The van der Waals surface area contributed by atoms with Crippen molar-refractivity contribution in [2.45, 2.75) is 70.9 Å². The van der Waals surface area contributed by atoms with E-state index < -0.39 is 0 Å². The third-order valence-electron chi connectivity index (χ3n) is 4.78. The van der Waals surface area contributed by atoms with Crippen LogP contribution in [0.2, 0.25) is 0 Å². The number of piperidine rings is 1. The minimum Gasteiger partial charge on any atom is -0.352 e. The van der Waals surface area contributed by atoms with Crippen molar-refractivity contribution in [3.8, 4) is 0 Å². The van der Waals surface area contributed by atoms with Crippen LogP contribution in [0.4, 0.5) is 0 Å². The molecule has 1 heterocycles. The fourth-order valence-corrected chi connectivity index (χ4v) is 3.47. The third-order valence-corrected chi connectivity index (χ3v) is 4.78. The van der Waals surface area contributed by atoms with Gasteiger partial charge in [0, 0.05) is 6.04 Å². The van der Waals surface area contributed by atoms with Gasteiger partial charge in [0.15, 0.2) is 0 Å². The molecular weight excluding hydrogens is 224 g/mol. The number of carbonyl (C=O) groups is 1. The van der Waals surface area contributed by atoms with Gasteiger partial charge in [-0.1, -0.05) is 26.2 Å². The lowest BCUT2D eigenvalue weighted by Crippen LogP contribution is -2.53. The van der Waals surface area contributed by atoms with Crippen molar-refractivity contribution in [2.75, 3.05) is 6.54 Å². The predicted molar refractivity (Wildman–Crippen MR) is 74.4 cm³/mol. The largest absolute Gasteiger partial charge is 0.352 e. The first kappa shape index (κ1) is 13.9. The van der Waals surface area contributed by atoms with E-state index in [2.05, 4.69) is 24.5 Å². The highest BCUT2D eigenvalue weighted by Crippen LogP contribution is 2.26. The summed E-state index contributed by atoms with van der Waals surface area (Å²) in [5.74, 6) is 1.39. The van der Waals surface area contributed by atoms with Crippen LogP contribution in [0.5, 0.6) is 0 Å². The van der Waals surface area contributed by atoms with Gasteiger partial charge in [-0.2, -0.15) is 0 Å². The van der Waals surface area contributed by atoms with Crippen molar-refractivity contribution in [1.29, 1.82) is 0 Å². The van der Waals surface area contributed by atoms with Crippen molar-refractivity contribution in [3.63, 3.8) is 0 Å².